The second kappa shape index (κ2) is 5.87. The molecule has 0 bridgehead atoms. The number of ether oxygens (including phenoxy) is 1. The summed E-state index contributed by atoms with van der Waals surface area (Å²) in [5.74, 6) is -0.346. The molecule has 1 heterocycles. The van der Waals surface area contributed by atoms with Gasteiger partial charge in [-0.1, -0.05) is 0 Å². The first kappa shape index (κ1) is 14.3. The Morgan fingerprint density at radius 1 is 1.42 bits per heavy atom. The van der Waals surface area contributed by atoms with Crippen molar-refractivity contribution < 1.29 is 14.6 Å². The summed E-state index contributed by atoms with van der Waals surface area (Å²) in [5.41, 5.74) is 0.945. The first-order chi connectivity index (χ1) is 8.97. The molecule has 98 valence electrons. The average molecular weight is 434 g/mol. The molecule has 6 heteroatoms. The molecule has 0 spiro atoms. The summed E-state index contributed by atoms with van der Waals surface area (Å²) in [6, 6.07) is 6.84. The van der Waals surface area contributed by atoms with E-state index in [-0.39, 0.29) is 11.3 Å². The lowest BCUT2D eigenvalue weighted by Gasteiger charge is -2.10. The number of aryl methyl sites for hydroxylation is 1. The van der Waals surface area contributed by atoms with Gasteiger partial charge in [0.15, 0.2) is 0 Å². The van der Waals surface area contributed by atoms with Gasteiger partial charge in [0.2, 0.25) is 5.88 Å². The third kappa shape index (κ3) is 3.44. The molecular weight excluding hydrogens is 425 g/mol. The van der Waals surface area contributed by atoms with E-state index in [1.54, 1.807) is 24.4 Å². The minimum Gasteiger partial charge on any atom is -0.478 e. The Labute approximate surface area is 132 Å². The lowest BCUT2D eigenvalue weighted by Crippen LogP contribution is -2.02. The first-order valence-electron chi connectivity index (χ1n) is 5.30. The Balaban J connectivity index is 2.40. The van der Waals surface area contributed by atoms with Gasteiger partial charge in [0.1, 0.15) is 11.3 Å². The molecule has 0 aliphatic rings. The van der Waals surface area contributed by atoms with E-state index in [1.807, 2.05) is 13.0 Å². The fraction of sp³-hybridized carbons (Fsp3) is 0.0769. The van der Waals surface area contributed by atoms with Crippen molar-refractivity contribution >= 4 is 44.5 Å². The predicted octanol–water partition coefficient (Wildman–Crippen LogP) is 4.25. The van der Waals surface area contributed by atoms with Crippen LogP contribution in [0.2, 0.25) is 0 Å². The normalized spacial score (nSPS) is 10.3. The highest BCUT2D eigenvalue weighted by Crippen LogP contribution is 2.28. The molecule has 1 N–H and O–H groups in total. The van der Waals surface area contributed by atoms with Crippen LogP contribution in [-0.2, 0) is 0 Å². The van der Waals surface area contributed by atoms with Crippen LogP contribution in [0.3, 0.4) is 0 Å². The van der Waals surface area contributed by atoms with Crippen molar-refractivity contribution in [2.75, 3.05) is 0 Å². The van der Waals surface area contributed by atoms with Crippen LogP contribution >= 0.6 is 38.5 Å². The molecule has 1 aromatic heterocycles. The third-order valence-corrected chi connectivity index (χ3v) is 3.48. The van der Waals surface area contributed by atoms with Crippen LogP contribution in [0.25, 0.3) is 0 Å². The molecule has 0 aliphatic heterocycles. The molecule has 0 unspecified atom stereocenters. The van der Waals surface area contributed by atoms with E-state index in [9.17, 15) is 9.90 Å². The Hall–Kier alpha value is -1.15. The van der Waals surface area contributed by atoms with Gasteiger partial charge < -0.3 is 9.84 Å². The standard InChI is InChI=1S/C13H9BrINO3/c1-7-4-8(14)6-16-12(7)19-11-3-2-9(15)5-10(11)13(17)18/h2-6H,1H3,(H,17,18). The summed E-state index contributed by atoms with van der Waals surface area (Å²) in [5, 5.41) is 9.17. The molecule has 0 fully saturated rings. The van der Waals surface area contributed by atoms with Crippen LogP contribution < -0.4 is 4.74 Å². The maximum absolute atomic E-state index is 11.2. The van der Waals surface area contributed by atoms with Crippen molar-refractivity contribution in [3.8, 4) is 11.6 Å². The molecule has 0 radical (unpaired) electrons. The SMILES string of the molecule is Cc1cc(Br)cnc1Oc1ccc(I)cc1C(=O)O. The smallest absolute Gasteiger partial charge is 0.339 e. The number of carbonyl (C=O) groups is 1. The largest absolute Gasteiger partial charge is 0.478 e. The van der Waals surface area contributed by atoms with Crippen molar-refractivity contribution in [2.24, 2.45) is 0 Å². The van der Waals surface area contributed by atoms with Gasteiger partial charge in [-0.2, -0.15) is 0 Å². The number of hydrogen-bond donors (Lipinski definition) is 1. The fourth-order valence-electron chi connectivity index (χ4n) is 1.50. The average Bonchev–Trinajstić information content (AvgIpc) is 2.34. The van der Waals surface area contributed by atoms with Crippen LogP contribution in [0.5, 0.6) is 11.6 Å². The van der Waals surface area contributed by atoms with Gasteiger partial charge in [-0.3, -0.25) is 0 Å². The lowest BCUT2D eigenvalue weighted by molar-refractivity contribution is 0.0694. The molecule has 0 saturated heterocycles. The number of aromatic nitrogens is 1. The number of nitrogens with zero attached hydrogens (tertiary/aromatic N) is 1. The highest BCUT2D eigenvalue weighted by Gasteiger charge is 2.14. The summed E-state index contributed by atoms with van der Waals surface area (Å²) in [7, 11) is 0. The van der Waals surface area contributed by atoms with Crippen LogP contribution in [0.1, 0.15) is 15.9 Å². The Morgan fingerprint density at radius 2 is 2.16 bits per heavy atom. The number of halogens is 2. The van der Waals surface area contributed by atoms with E-state index in [1.165, 1.54) is 0 Å². The quantitative estimate of drug-likeness (QED) is 0.735. The fourth-order valence-corrected chi connectivity index (χ4v) is 2.43. The van der Waals surface area contributed by atoms with Crippen molar-refractivity contribution in [1.82, 2.24) is 4.98 Å². The molecule has 0 atom stereocenters. The molecule has 0 amide bonds. The summed E-state index contributed by atoms with van der Waals surface area (Å²) in [6.45, 7) is 1.85. The van der Waals surface area contributed by atoms with Gasteiger partial charge in [-0.25, -0.2) is 9.78 Å². The van der Waals surface area contributed by atoms with Crippen molar-refractivity contribution in [3.63, 3.8) is 0 Å². The second-order valence-corrected chi connectivity index (χ2v) is 5.98. The number of hydrogen-bond acceptors (Lipinski definition) is 3. The minimum absolute atomic E-state index is 0.121. The van der Waals surface area contributed by atoms with Gasteiger partial charge in [-0.15, -0.1) is 0 Å². The van der Waals surface area contributed by atoms with E-state index >= 15 is 0 Å². The lowest BCUT2D eigenvalue weighted by atomic mass is 10.2. The Kier molecular flexibility index (Phi) is 4.41. The van der Waals surface area contributed by atoms with Crippen LogP contribution in [-0.4, -0.2) is 16.1 Å². The number of carboxylic acids is 1. The first-order valence-corrected chi connectivity index (χ1v) is 7.17. The molecule has 0 saturated carbocycles. The second-order valence-electron chi connectivity index (χ2n) is 3.82. The number of benzene rings is 1. The highest BCUT2D eigenvalue weighted by molar-refractivity contribution is 14.1. The Bertz CT molecular complexity index is 646. The van der Waals surface area contributed by atoms with E-state index in [0.717, 1.165) is 13.6 Å². The van der Waals surface area contributed by atoms with Gasteiger partial charge in [0, 0.05) is 19.8 Å². The molecule has 4 nitrogen and oxygen atoms in total. The molecule has 2 aromatic rings. The summed E-state index contributed by atoms with van der Waals surface area (Å²) in [4.78, 5) is 15.3. The van der Waals surface area contributed by atoms with E-state index in [0.29, 0.717) is 5.88 Å². The maximum Gasteiger partial charge on any atom is 0.339 e. The monoisotopic (exact) mass is 433 g/mol. The zero-order chi connectivity index (χ0) is 14.0. The number of aromatic carboxylic acids is 1. The zero-order valence-electron chi connectivity index (χ0n) is 9.85. The predicted molar refractivity (Wildman–Crippen MR) is 82.9 cm³/mol. The molecule has 2 rings (SSSR count). The summed E-state index contributed by atoms with van der Waals surface area (Å²) >= 11 is 5.37. The number of rotatable bonds is 3. The molecule has 0 aliphatic carbocycles. The van der Waals surface area contributed by atoms with Crippen LogP contribution in [0.4, 0.5) is 0 Å². The van der Waals surface area contributed by atoms with E-state index in [4.69, 9.17) is 4.74 Å². The highest BCUT2D eigenvalue weighted by atomic mass is 127. The van der Waals surface area contributed by atoms with Gasteiger partial charge in [-0.05, 0) is 69.7 Å². The van der Waals surface area contributed by atoms with Crippen molar-refractivity contribution in [3.05, 3.63) is 49.6 Å². The Morgan fingerprint density at radius 3 is 2.79 bits per heavy atom. The zero-order valence-corrected chi connectivity index (χ0v) is 13.6. The summed E-state index contributed by atoms with van der Waals surface area (Å²) in [6.07, 6.45) is 1.61. The number of pyridine rings is 1. The van der Waals surface area contributed by atoms with Crippen LogP contribution in [0.15, 0.2) is 34.9 Å². The topological polar surface area (TPSA) is 59.4 Å². The summed E-state index contributed by atoms with van der Waals surface area (Å²) < 4.78 is 7.28. The van der Waals surface area contributed by atoms with E-state index in [2.05, 4.69) is 43.5 Å². The van der Waals surface area contributed by atoms with Gasteiger partial charge in [0.05, 0.1) is 0 Å². The molecule has 19 heavy (non-hydrogen) atoms. The maximum atomic E-state index is 11.2. The number of carboxylic acid groups (broad SMARTS) is 1. The van der Waals surface area contributed by atoms with Gasteiger partial charge >= 0.3 is 5.97 Å². The van der Waals surface area contributed by atoms with Crippen molar-refractivity contribution in [1.29, 1.82) is 0 Å². The van der Waals surface area contributed by atoms with Crippen LogP contribution in [0, 0.1) is 10.5 Å². The molecular formula is C13H9BrINO3. The third-order valence-electron chi connectivity index (χ3n) is 2.38. The molecule has 1 aromatic carbocycles. The van der Waals surface area contributed by atoms with Crippen molar-refractivity contribution in [2.45, 2.75) is 6.92 Å². The van der Waals surface area contributed by atoms with Gasteiger partial charge in [0.25, 0.3) is 0 Å². The van der Waals surface area contributed by atoms with E-state index < -0.39 is 5.97 Å². The minimum atomic E-state index is -1.02.